The lowest BCUT2D eigenvalue weighted by Gasteiger charge is -2.10. The molecule has 0 spiro atoms. The summed E-state index contributed by atoms with van der Waals surface area (Å²) in [5.74, 6) is 8.29. The molecule has 150 valence electrons. The number of nitrogens with two attached hydrogens (primary N) is 1. The molecule has 0 aliphatic rings. The third-order valence-corrected chi connectivity index (χ3v) is 5.77. The van der Waals surface area contributed by atoms with Crippen LogP contribution in [0, 0.1) is 11.8 Å². The van der Waals surface area contributed by atoms with Crippen molar-refractivity contribution in [1.29, 1.82) is 0 Å². The average molecular weight is 423 g/mol. The molecular weight excluding hydrogens is 404 g/mol. The molecule has 3 N–H and O–H groups in total. The van der Waals surface area contributed by atoms with Crippen LogP contribution in [0.5, 0.6) is 11.5 Å². The van der Waals surface area contributed by atoms with E-state index in [0.717, 1.165) is 48.9 Å². The van der Waals surface area contributed by atoms with E-state index in [-0.39, 0.29) is 0 Å². The Labute approximate surface area is 183 Å². The van der Waals surface area contributed by atoms with Gasteiger partial charge in [0.15, 0.2) is 5.82 Å². The number of benzene rings is 3. The van der Waals surface area contributed by atoms with Crippen molar-refractivity contribution in [1.82, 2.24) is 9.97 Å². The first-order valence-electron chi connectivity index (χ1n) is 9.76. The van der Waals surface area contributed by atoms with Crippen LogP contribution in [0.2, 0.25) is 0 Å². The summed E-state index contributed by atoms with van der Waals surface area (Å²) in [6.07, 6.45) is 1.55. The fraction of sp³-hybridized carbons (Fsp3) is 0.0400. The second-order valence-corrected chi connectivity index (χ2v) is 7.83. The highest BCUT2D eigenvalue weighted by Crippen LogP contribution is 2.33. The molecular formula is C25H18N4OS. The number of nitrogens with one attached hydrogen (secondary N) is 1. The molecule has 0 unspecified atom stereocenters. The predicted molar refractivity (Wildman–Crippen MR) is 127 cm³/mol. The van der Waals surface area contributed by atoms with Gasteiger partial charge in [0.2, 0.25) is 0 Å². The Morgan fingerprint density at radius 2 is 1.81 bits per heavy atom. The smallest absolute Gasteiger partial charge is 0.151 e. The van der Waals surface area contributed by atoms with Gasteiger partial charge >= 0.3 is 0 Å². The molecule has 2 aromatic heterocycles. The number of rotatable bonds is 4. The van der Waals surface area contributed by atoms with Gasteiger partial charge in [-0.05, 0) is 41.8 Å². The molecule has 0 radical (unpaired) electrons. The summed E-state index contributed by atoms with van der Waals surface area (Å²) in [5, 5.41) is 5.60. The minimum atomic E-state index is 0.332. The molecule has 0 bridgehead atoms. The molecule has 0 aliphatic carbocycles. The highest BCUT2D eigenvalue weighted by Gasteiger charge is 2.09. The van der Waals surface area contributed by atoms with Crippen LogP contribution in [0.4, 0.5) is 11.5 Å². The van der Waals surface area contributed by atoms with Crippen LogP contribution in [0.25, 0.3) is 21.0 Å². The fourth-order valence-electron chi connectivity index (χ4n) is 3.30. The lowest BCUT2D eigenvalue weighted by atomic mass is 10.1. The van der Waals surface area contributed by atoms with Crippen LogP contribution < -0.4 is 15.8 Å². The summed E-state index contributed by atoms with van der Waals surface area (Å²) in [4.78, 5) is 9.66. The summed E-state index contributed by atoms with van der Waals surface area (Å²) in [7, 11) is 0. The first-order chi connectivity index (χ1) is 15.3. The van der Waals surface area contributed by atoms with Gasteiger partial charge in [-0.1, -0.05) is 48.2 Å². The average Bonchev–Trinajstić information content (AvgIpc) is 3.23. The monoisotopic (exact) mass is 422 g/mol. The van der Waals surface area contributed by atoms with Gasteiger partial charge in [0.25, 0.3) is 0 Å². The maximum atomic E-state index is 6.13. The number of fused-ring (bicyclic) bond motifs is 2. The number of anilines is 2. The maximum Gasteiger partial charge on any atom is 0.151 e. The Bertz CT molecular complexity index is 1430. The predicted octanol–water partition coefficient (Wildman–Crippen LogP) is 5.69. The number of nitrogens with zero attached hydrogens (tertiary/aromatic N) is 2. The SMILES string of the molecule is NCC#Cc1cc2ncnc(Nc3ccc(Oc4cccc5ccccc45)cc3)c2s1. The summed E-state index contributed by atoms with van der Waals surface area (Å²) in [6, 6.07) is 24.0. The molecule has 0 fully saturated rings. The van der Waals surface area contributed by atoms with Crippen LogP contribution in [-0.2, 0) is 0 Å². The van der Waals surface area contributed by atoms with Crippen molar-refractivity contribution in [3.63, 3.8) is 0 Å². The molecule has 5 nitrogen and oxygen atoms in total. The van der Waals surface area contributed by atoms with E-state index in [2.05, 4.69) is 45.3 Å². The molecule has 3 aromatic carbocycles. The molecule has 31 heavy (non-hydrogen) atoms. The number of ether oxygens (including phenoxy) is 1. The van der Waals surface area contributed by atoms with E-state index in [1.165, 1.54) is 0 Å². The van der Waals surface area contributed by atoms with Crippen LogP contribution in [-0.4, -0.2) is 16.5 Å². The fourth-order valence-corrected chi connectivity index (χ4v) is 4.23. The lowest BCUT2D eigenvalue weighted by molar-refractivity contribution is 0.488. The van der Waals surface area contributed by atoms with Crippen molar-refractivity contribution in [2.24, 2.45) is 5.73 Å². The van der Waals surface area contributed by atoms with Gasteiger partial charge < -0.3 is 15.8 Å². The topological polar surface area (TPSA) is 73.1 Å². The maximum absolute atomic E-state index is 6.13. The van der Waals surface area contributed by atoms with Crippen molar-refractivity contribution >= 4 is 43.8 Å². The third kappa shape index (κ3) is 4.05. The molecule has 0 saturated heterocycles. The van der Waals surface area contributed by atoms with Crippen molar-refractivity contribution in [3.05, 3.63) is 84.0 Å². The molecule has 0 atom stereocenters. The van der Waals surface area contributed by atoms with Crippen LogP contribution >= 0.6 is 11.3 Å². The van der Waals surface area contributed by atoms with Crippen LogP contribution in [0.3, 0.4) is 0 Å². The minimum absolute atomic E-state index is 0.332. The zero-order valence-electron chi connectivity index (χ0n) is 16.5. The van der Waals surface area contributed by atoms with E-state index < -0.39 is 0 Å². The van der Waals surface area contributed by atoms with Crippen molar-refractivity contribution < 1.29 is 4.74 Å². The van der Waals surface area contributed by atoms with Crippen LogP contribution in [0.15, 0.2) is 79.1 Å². The van der Waals surface area contributed by atoms with Crippen LogP contribution in [0.1, 0.15) is 4.88 Å². The standard InChI is InChI=1S/C25H18N4OS/c26-14-4-7-20-15-22-24(31-20)25(28-16-27-22)29-18-10-12-19(13-11-18)30-23-9-3-6-17-5-1-2-8-21(17)23/h1-3,5-6,8-13,15-16H,14,26H2,(H,27,28,29). The van der Waals surface area contributed by atoms with E-state index in [0.29, 0.717) is 6.54 Å². The molecule has 0 amide bonds. The van der Waals surface area contributed by atoms with E-state index in [1.807, 2.05) is 54.6 Å². The molecule has 2 heterocycles. The number of aromatic nitrogens is 2. The highest BCUT2D eigenvalue weighted by molar-refractivity contribution is 7.20. The summed E-state index contributed by atoms with van der Waals surface area (Å²) in [6.45, 7) is 0.332. The molecule has 0 aliphatic heterocycles. The third-order valence-electron chi connectivity index (χ3n) is 4.72. The van der Waals surface area contributed by atoms with Gasteiger partial charge in [-0.2, -0.15) is 0 Å². The molecule has 5 aromatic rings. The normalized spacial score (nSPS) is 10.6. The van der Waals surface area contributed by atoms with Gasteiger partial charge in [-0.25, -0.2) is 9.97 Å². The number of hydrogen-bond donors (Lipinski definition) is 2. The van der Waals surface area contributed by atoms with Crippen molar-refractivity contribution in [2.75, 3.05) is 11.9 Å². The van der Waals surface area contributed by atoms with Crippen molar-refractivity contribution in [3.8, 4) is 23.3 Å². The van der Waals surface area contributed by atoms with Gasteiger partial charge in [-0.15, -0.1) is 11.3 Å². The summed E-state index contributed by atoms with van der Waals surface area (Å²) < 4.78 is 7.09. The first-order valence-corrected chi connectivity index (χ1v) is 10.6. The zero-order valence-corrected chi connectivity index (χ0v) is 17.3. The molecule has 6 heteroatoms. The highest BCUT2D eigenvalue weighted by atomic mass is 32.1. The van der Waals surface area contributed by atoms with E-state index in [1.54, 1.807) is 17.7 Å². The minimum Gasteiger partial charge on any atom is -0.457 e. The Hall–Kier alpha value is -3.92. The Morgan fingerprint density at radius 3 is 2.68 bits per heavy atom. The second kappa shape index (κ2) is 8.44. The Morgan fingerprint density at radius 1 is 0.968 bits per heavy atom. The van der Waals surface area contributed by atoms with E-state index in [4.69, 9.17) is 10.5 Å². The van der Waals surface area contributed by atoms with E-state index in [9.17, 15) is 0 Å². The van der Waals surface area contributed by atoms with E-state index >= 15 is 0 Å². The van der Waals surface area contributed by atoms with Gasteiger partial charge in [0.05, 0.1) is 21.6 Å². The Kier molecular flexibility index (Phi) is 5.19. The largest absolute Gasteiger partial charge is 0.457 e. The molecule has 5 rings (SSSR count). The molecule has 0 saturated carbocycles. The Balaban J connectivity index is 1.38. The summed E-state index contributed by atoms with van der Waals surface area (Å²) >= 11 is 1.55. The van der Waals surface area contributed by atoms with Crippen molar-refractivity contribution in [2.45, 2.75) is 0 Å². The lowest BCUT2D eigenvalue weighted by Crippen LogP contribution is -1.94. The first kappa shape index (κ1) is 19.1. The zero-order chi connectivity index (χ0) is 21.0. The second-order valence-electron chi connectivity index (χ2n) is 6.78. The van der Waals surface area contributed by atoms with Gasteiger partial charge in [0.1, 0.15) is 17.8 Å². The summed E-state index contributed by atoms with van der Waals surface area (Å²) in [5.41, 5.74) is 7.24. The van der Waals surface area contributed by atoms with Gasteiger partial charge in [0, 0.05) is 11.1 Å². The number of thiophene rings is 1. The quantitative estimate of drug-likeness (QED) is 0.364. The number of hydrogen-bond acceptors (Lipinski definition) is 6. The van der Waals surface area contributed by atoms with Gasteiger partial charge in [-0.3, -0.25) is 0 Å².